The molecule has 0 aromatic heterocycles. The molecule has 1 aliphatic rings. The van der Waals surface area contributed by atoms with E-state index in [2.05, 4.69) is 10.5 Å². The van der Waals surface area contributed by atoms with Crippen LogP contribution in [0, 0.1) is 0 Å². The molecule has 4 rings (SSSR count). The first-order chi connectivity index (χ1) is 13.1. The summed E-state index contributed by atoms with van der Waals surface area (Å²) in [4.78, 5) is 0. The van der Waals surface area contributed by atoms with Crippen LogP contribution in [-0.4, -0.2) is 16.1 Å². The predicted molar refractivity (Wildman–Crippen MR) is 106 cm³/mol. The van der Waals surface area contributed by atoms with Crippen molar-refractivity contribution in [1.29, 1.82) is 0 Å². The molecule has 0 saturated heterocycles. The summed E-state index contributed by atoms with van der Waals surface area (Å²) in [5.41, 5.74) is 5.73. The lowest BCUT2D eigenvalue weighted by molar-refractivity contribution is 0.453. The van der Waals surface area contributed by atoms with Crippen molar-refractivity contribution >= 4 is 23.2 Å². The highest BCUT2D eigenvalue weighted by atomic mass is 35.5. The van der Waals surface area contributed by atoms with Crippen molar-refractivity contribution in [1.82, 2.24) is 0 Å². The second kappa shape index (κ2) is 7.21. The van der Waals surface area contributed by atoms with E-state index in [4.69, 9.17) is 16.3 Å². The molecule has 3 N–H and O–H groups in total. The van der Waals surface area contributed by atoms with E-state index < -0.39 is 0 Å². The fraction of sp³-hybridized carbons (Fsp3) is 0.0952. The van der Waals surface area contributed by atoms with Crippen LogP contribution in [0.2, 0.25) is 5.02 Å². The molecule has 5 nitrogen and oxygen atoms in total. The monoisotopic (exact) mass is 380 g/mol. The molecule has 0 fully saturated rings. The summed E-state index contributed by atoms with van der Waals surface area (Å²) in [6, 6.07) is 19.3. The highest BCUT2D eigenvalue weighted by molar-refractivity contribution is 6.30. The molecule has 3 aromatic carbocycles. The molecule has 27 heavy (non-hydrogen) atoms. The van der Waals surface area contributed by atoms with Gasteiger partial charge in [-0.25, -0.2) is 0 Å². The lowest BCUT2D eigenvalue weighted by Crippen LogP contribution is -2.27. The average Bonchev–Trinajstić information content (AvgIpc) is 2.67. The molecule has 0 radical (unpaired) electrons. The number of nitrogens with zero attached hydrogens (tertiary/aromatic N) is 1. The maximum atomic E-state index is 9.75. The van der Waals surface area contributed by atoms with Crippen LogP contribution in [0.5, 0.6) is 17.2 Å². The highest BCUT2D eigenvalue weighted by Gasteiger charge is 2.28. The number of aromatic hydroxyl groups is 2. The van der Waals surface area contributed by atoms with Gasteiger partial charge in [-0.2, -0.15) is 0 Å². The Bertz CT molecular complexity index is 985. The number of hydrogen-bond acceptors (Lipinski definition) is 5. The summed E-state index contributed by atoms with van der Waals surface area (Å²) in [7, 11) is 0. The van der Waals surface area contributed by atoms with Gasteiger partial charge in [0.05, 0.1) is 11.6 Å². The van der Waals surface area contributed by atoms with E-state index in [0.717, 1.165) is 16.8 Å². The first-order valence-electron chi connectivity index (χ1n) is 8.46. The summed E-state index contributed by atoms with van der Waals surface area (Å²) < 4.78 is 5.99. The lowest BCUT2D eigenvalue weighted by Gasteiger charge is -2.27. The third-order valence-corrected chi connectivity index (χ3v) is 4.67. The summed E-state index contributed by atoms with van der Waals surface area (Å²) in [5, 5.41) is 24.4. The molecule has 6 heteroatoms. The van der Waals surface area contributed by atoms with Gasteiger partial charge in [0, 0.05) is 11.1 Å². The Labute approximate surface area is 161 Å². The number of fused-ring (bicyclic) bond motifs is 1. The van der Waals surface area contributed by atoms with Crippen LogP contribution in [0.3, 0.4) is 0 Å². The third-order valence-electron chi connectivity index (χ3n) is 4.42. The van der Waals surface area contributed by atoms with E-state index in [0.29, 0.717) is 23.1 Å². The number of benzene rings is 3. The zero-order valence-corrected chi connectivity index (χ0v) is 15.0. The van der Waals surface area contributed by atoms with Crippen LogP contribution in [0.15, 0.2) is 71.8 Å². The molecule has 1 aliphatic heterocycles. The molecule has 1 atom stereocenters. The number of rotatable bonds is 3. The van der Waals surface area contributed by atoms with Crippen molar-refractivity contribution in [3.05, 3.63) is 82.9 Å². The van der Waals surface area contributed by atoms with Crippen LogP contribution >= 0.6 is 11.6 Å². The summed E-state index contributed by atoms with van der Waals surface area (Å²) in [6.07, 6.45) is 0.668. The van der Waals surface area contributed by atoms with Crippen molar-refractivity contribution in [3.63, 3.8) is 0 Å². The van der Waals surface area contributed by atoms with E-state index >= 15 is 0 Å². The number of hydrogen-bond donors (Lipinski definition) is 3. The largest absolute Gasteiger partial charge is 0.508 e. The van der Waals surface area contributed by atoms with Gasteiger partial charge < -0.3 is 14.9 Å². The lowest BCUT2D eigenvalue weighted by atomic mass is 9.89. The minimum absolute atomic E-state index is 0.123. The number of phenolic OH excluding ortho intramolecular Hbond substituents is 2. The van der Waals surface area contributed by atoms with Gasteiger partial charge in [-0.15, -0.1) is 5.10 Å². The molecular formula is C21H17ClN2O3. The van der Waals surface area contributed by atoms with E-state index in [1.165, 1.54) is 0 Å². The second-order valence-corrected chi connectivity index (χ2v) is 6.75. The van der Waals surface area contributed by atoms with Crippen LogP contribution in [0.4, 0.5) is 5.69 Å². The molecule has 0 spiro atoms. The van der Waals surface area contributed by atoms with Gasteiger partial charge in [0.2, 0.25) is 5.90 Å². The van der Waals surface area contributed by atoms with Gasteiger partial charge >= 0.3 is 0 Å². The molecule has 136 valence electrons. The average molecular weight is 381 g/mol. The SMILES string of the molecule is Oc1ccc(C2Cc3ccc(O)cc3OC2=NNc2ccc(Cl)cc2)cc1. The number of hydrazone groups is 1. The summed E-state index contributed by atoms with van der Waals surface area (Å²) >= 11 is 5.92. The maximum Gasteiger partial charge on any atom is 0.220 e. The topological polar surface area (TPSA) is 74.1 Å². The van der Waals surface area contributed by atoms with Crippen LogP contribution < -0.4 is 10.2 Å². The fourth-order valence-electron chi connectivity index (χ4n) is 3.01. The normalized spacial score (nSPS) is 17.2. The molecule has 3 aromatic rings. The first-order valence-corrected chi connectivity index (χ1v) is 8.84. The highest BCUT2D eigenvalue weighted by Crippen LogP contribution is 2.36. The van der Waals surface area contributed by atoms with E-state index in [-0.39, 0.29) is 17.4 Å². The summed E-state index contributed by atoms with van der Waals surface area (Å²) in [5.74, 6) is 1.29. The minimum Gasteiger partial charge on any atom is -0.508 e. The Morgan fingerprint density at radius 1 is 0.926 bits per heavy atom. The van der Waals surface area contributed by atoms with Crippen LogP contribution in [-0.2, 0) is 6.42 Å². The maximum absolute atomic E-state index is 9.75. The van der Waals surface area contributed by atoms with E-state index in [1.807, 2.05) is 30.3 Å². The van der Waals surface area contributed by atoms with Gasteiger partial charge in [-0.05, 0) is 60.0 Å². The number of phenols is 2. The molecule has 1 heterocycles. The van der Waals surface area contributed by atoms with Crippen LogP contribution in [0.25, 0.3) is 0 Å². The second-order valence-electron chi connectivity index (χ2n) is 6.31. The van der Waals surface area contributed by atoms with Crippen molar-refractivity contribution in [2.24, 2.45) is 5.10 Å². The first kappa shape index (κ1) is 17.2. The third kappa shape index (κ3) is 3.83. The van der Waals surface area contributed by atoms with Gasteiger partial charge in [-0.1, -0.05) is 29.8 Å². The zero-order chi connectivity index (χ0) is 18.8. The Balaban J connectivity index is 1.69. The zero-order valence-electron chi connectivity index (χ0n) is 14.3. The van der Waals surface area contributed by atoms with Gasteiger partial charge in [-0.3, -0.25) is 5.43 Å². The fourth-order valence-corrected chi connectivity index (χ4v) is 3.14. The number of anilines is 1. The predicted octanol–water partition coefficient (Wildman–Crippen LogP) is 4.90. The molecular weight excluding hydrogens is 364 g/mol. The Kier molecular flexibility index (Phi) is 4.60. The van der Waals surface area contributed by atoms with Crippen LogP contribution in [0.1, 0.15) is 17.0 Å². The minimum atomic E-state index is -0.123. The summed E-state index contributed by atoms with van der Waals surface area (Å²) in [6.45, 7) is 0. The van der Waals surface area contributed by atoms with Gasteiger partial charge in [0.15, 0.2) is 0 Å². The molecule has 0 bridgehead atoms. The standard InChI is InChI=1S/C21H17ClN2O3/c22-15-4-6-16(7-5-15)23-24-21-19(13-1-8-17(25)9-2-13)11-14-3-10-18(26)12-20(14)27-21/h1-10,12,19,23,25-26H,11H2. The smallest absolute Gasteiger partial charge is 0.220 e. The Morgan fingerprint density at radius 3 is 2.37 bits per heavy atom. The number of halogens is 1. The van der Waals surface area contributed by atoms with Gasteiger partial charge in [0.1, 0.15) is 17.2 Å². The Morgan fingerprint density at radius 2 is 1.63 bits per heavy atom. The number of ether oxygens (including phenoxy) is 1. The van der Waals surface area contributed by atoms with Gasteiger partial charge in [0.25, 0.3) is 0 Å². The molecule has 0 saturated carbocycles. The number of nitrogens with one attached hydrogen (secondary N) is 1. The van der Waals surface area contributed by atoms with Crippen molar-refractivity contribution in [2.45, 2.75) is 12.3 Å². The van der Waals surface area contributed by atoms with E-state index in [1.54, 1.807) is 36.4 Å². The van der Waals surface area contributed by atoms with Crippen molar-refractivity contribution in [3.8, 4) is 17.2 Å². The van der Waals surface area contributed by atoms with Crippen molar-refractivity contribution in [2.75, 3.05) is 5.43 Å². The molecule has 1 unspecified atom stereocenters. The molecule has 0 amide bonds. The quantitative estimate of drug-likeness (QED) is 0.565. The van der Waals surface area contributed by atoms with E-state index in [9.17, 15) is 10.2 Å². The van der Waals surface area contributed by atoms with Crippen molar-refractivity contribution < 1.29 is 14.9 Å². The Hall–Kier alpha value is -3.18. The molecule has 0 aliphatic carbocycles.